The van der Waals surface area contributed by atoms with Gasteiger partial charge in [0, 0.05) is 6.42 Å². The largest absolute Gasteiger partial charge is 0.364 e. The van der Waals surface area contributed by atoms with Crippen LogP contribution in [0, 0.1) is 0 Å². The van der Waals surface area contributed by atoms with Crippen molar-refractivity contribution in [2.24, 2.45) is 11.6 Å². The fraction of sp³-hybridized carbons (Fsp3) is 0.667. The van der Waals surface area contributed by atoms with Crippen LogP contribution in [0.25, 0.3) is 0 Å². The molecule has 8 heteroatoms. The van der Waals surface area contributed by atoms with Crippen molar-refractivity contribution in [3.8, 4) is 0 Å². The zero-order valence-corrected chi connectivity index (χ0v) is 11.6. The lowest BCUT2D eigenvalue weighted by molar-refractivity contribution is -0.118. The molecule has 20 heavy (non-hydrogen) atoms. The van der Waals surface area contributed by atoms with E-state index in [-0.39, 0.29) is 29.9 Å². The second-order valence-electron chi connectivity index (χ2n) is 4.98. The number of anilines is 1. The van der Waals surface area contributed by atoms with Crippen molar-refractivity contribution in [3.05, 3.63) is 5.69 Å². The molecule has 8 nitrogen and oxygen atoms in total. The molecule has 1 aromatic rings. The first kappa shape index (κ1) is 14.4. The van der Waals surface area contributed by atoms with Crippen LogP contribution in [-0.2, 0) is 4.79 Å². The van der Waals surface area contributed by atoms with Crippen LogP contribution in [0.5, 0.6) is 0 Å². The summed E-state index contributed by atoms with van der Waals surface area (Å²) in [5.41, 5.74) is 5.23. The molecule has 0 aromatic carbocycles. The highest BCUT2D eigenvalue weighted by atomic mass is 16.2. The molecule has 1 heterocycles. The summed E-state index contributed by atoms with van der Waals surface area (Å²) < 4.78 is 1.58. The number of hydrazine groups is 1. The van der Waals surface area contributed by atoms with E-state index in [0.717, 1.165) is 30.7 Å². The van der Waals surface area contributed by atoms with Crippen LogP contribution in [0.1, 0.15) is 62.0 Å². The number of aromatic nitrogens is 3. The Morgan fingerprint density at radius 2 is 2.00 bits per heavy atom. The van der Waals surface area contributed by atoms with Gasteiger partial charge in [-0.1, -0.05) is 31.4 Å². The van der Waals surface area contributed by atoms with Gasteiger partial charge in [0.1, 0.15) is 0 Å². The van der Waals surface area contributed by atoms with Crippen LogP contribution in [0.2, 0.25) is 0 Å². The lowest BCUT2D eigenvalue weighted by Crippen LogP contribution is -2.40. The Morgan fingerprint density at radius 3 is 2.55 bits per heavy atom. The van der Waals surface area contributed by atoms with E-state index in [4.69, 9.17) is 11.6 Å². The summed E-state index contributed by atoms with van der Waals surface area (Å²) >= 11 is 0. The summed E-state index contributed by atoms with van der Waals surface area (Å²) in [6.07, 6.45) is 5.45. The maximum Gasteiger partial charge on any atom is 0.273 e. The van der Waals surface area contributed by atoms with E-state index in [1.165, 1.54) is 6.42 Å². The number of hydrogen-bond acceptors (Lipinski definition) is 5. The second-order valence-corrected chi connectivity index (χ2v) is 4.98. The highest BCUT2D eigenvalue weighted by Crippen LogP contribution is 2.31. The number of amides is 2. The van der Waals surface area contributed by atoms with E-state index in [2.05, 4.69) is 10.3 Å². The first-order chi connectivity index (χ1) is 9.56. The molecule has 1 aromatic heterocycles. The molecule has 1 saturated carbocycles. The monoisotopic (exact) mass is 280 g/mol. The fourth-order valence-electron chi connectivity index (χ4n) is 2.53. The molecular weight excluding hydrogens is 260 g/mol. The first-order valence-corrected chi connectivity index (χ1v) is 6.88. The Labute approximate surface area is 117 Å². The van der Waals surface area contributed by atoms with Crippen molar-refractivity contribution >= 4 is 17.6 Å². The van der Waals surface area contributed by atoms with Crippen molar-refractivity contribution in [1.82, 2.24) is 15.0 Å². The Balaban J connectivity index is 2.41. The predicted octanol–water partition coefficient (Wildman–Crippen LogP) is 0.499. The highest BCUT2D eigenvalue weighted by Gasteiger charge is 2.29. The Kier molecular flexibility index (Phi) is 4.33. The van der Waals surface area contributed by atoms with Gasteiger partial charge in [0.15, 0.2) is 11.5 Å². The average molecular weight is 280 g/mol. The summed E-state index contributed by atoms with van der Waals surface area (Å²) in [6, 6.07) is 0.107. The van der Waals surface area contributed by atoms with Crippen molar-refractivity contribution in [2.75, 3.05) is 5.01 Å². The van der Waals surface area contributed by atoms with Gasteiger partial charge in [0.05, 0.1) is 6.04 Å². The van der Waals surface area contributed by atoms with Gasteiger partial charge < -0.3 is 5.73 Å². The van der Waals surface area contributed by atoms with Crippen LogP contribution in [0.3, 0.4) is 0 Å². The summed E-state index contributed by atoms with van der Waals surface area (Å²) in [5, 5.41) is 8.72. The molecule has 0 radical (unpaired) electrons. The van der Waals surface area contributed by atoms with E-state index in [0.29, 0.717) is 0 Å². The van der Waals surface area contributed by atoms with Crippen molar-refractivity contribution in [1.29, 1.82) is 0 Å². The molecule has 0 spiro atoms. The van der Waals surface area contributed by atoms with E-state index in [1.807, 2.05) is 0 Å². The molecule has 1 aliphatic rings. The third-order valence-electron chi connectivity index (χ3n) is 3.62. The van der Waals surface area contributed by atoms with Gasteiger partial charge in [0.25, 0.3) is 5.91 Å². The van der Waals surface area contributed by atoms with Gasteiger partial charge in [-0.05, 0) is 12.8 Å². The zero-order valence-electron chi connectivity index (χ0n) is 11.6. The minimum absolute atomic E-state index is 0.0557. The van der Waals surface area contributed by atoms with Crippen LogP contribution < -0.4 is 16.6 Å². The van der Waals surface area contributed by atoms with Crippen molar-refractivity contribution in [2.45, 2.75) is 51.5 Å². The number of nitrogens with zero attached hydrogens (tertiary/aromatic N) is 4. The van der Waals surface area contributed by atoms with Crippen LogP contribution in [-0.4, -0.2) is 26.8 Å². The lowest BCUT2D eigenvalue weighted by Gasteiger charge is -2.25. The minimum atomic E-state index is -0.735. The Bertz CT molecular complexity index is 506. The Morgan fingerprint density at radius 1 is 1.35 bits per heavy atom. The number of carbonyl (C=O) groups is 2. The molecule has 1 aliphatic carbocycles. The van der Waals surface area contributed by atoms with Crippen molar-refractivity contribution < 1.29 is 9.59 Å². The third kappa shape index (κ3) is 2.64. The molecule has 0 atom stereocenters. The molecule has 4 N–H and O–H groups in total. The molecule has 2 rings (SSSR count). The third-order valence-corrected chi connectivity index (χ3v) is 3.62. The van der Waals surface area contributed by atoms with Crippen LogP contribution >= 0.6 is 0 Å². The van der Waals surface area contributed by atoms with E-state index in [9.17, 15) is 9.59 Å². The van der Waals surface area contributed by atoms with Gasteiger partial charge >= 0.3 is 0 Å². The topological polar surface area (TPSA) is 120 Å². The summed E-state index contributed by atoms with van der Waals surface area (Å²) in [7, 11) is 0. The Hall–Kier alpha value is -1.96. The first-order valence-electron chi connectivity index (χ1n) is 6.88. The van der Waals surface area contributed by atoms with E-state index in [1.54, 1.807) is 11.6 Å². The van der Waals surface area contributed by atoms with Gasteiger partial charge in [-0.25, -0.2) is 15.5 Å². The minimum Gasteiger partial charge on any atom is -0.364 e. The van der Waals surface area contributed by atoms with Crippen LogP contribution in [0.4, 0.5) is 5.82 Å². The molecule has 1 fully saturated rings. The SMILES string of the molecule is CCC(=O)N(N)c1c(C(N)=O)nnn1C1CCCCC1. The number of primary amides is 1. The van der Waals surface area contributed by atoms with Gasteiger partial charge in [-0.3, -0.25) is 9.59 Å². The number of hydrogen-bond donors (Lipinski definition) is 2. The predicted molar refractivity (Wildman–Crippen MR) is 72.6 cm³/mol. The van der Waals surface area contributed by atoms with Gasteiger partial charge in [-0.2, -0.15) is 0 Å². The number of carbonyl (C=O) groups excluding carboxylic acids is 2. The molecule has 2 amide bonds. The second kappa shape index (κ2) is 6.00. The summed E-state index contributed by atoms with van der Waals surface area (Å²) in [5.74, 6) is 4.97. The average Bonchev–Trinajstić information content (AvgIpc) is 2.91. The normalized spacial score (nSPS) is 16.1. The van der Waals surface area contributed by atoms with Crippen molar-refractivity contribution in [3.63, 3.8) is 0 Å². The molecule has 0 bridgehead atoms. The standard InChI is InChI=1S/C12H20N6O2/c1-2-9(19)17(14)12-10(11(13)20)15-16-18(12)8-6-4-3-5-7-8/h8H,2-7,14H2,1H3,(H2,13,20). The quantitative estimate of drug-likeness (QED) is 0.472. The molecule has 0 saturated heterocycles. The summed E-state index contributed by atoms with van der Waals surface area (Å²) in [6.45, 7) is 1.70. The van der Waals surface area contributed by atoms with Crippen LogP contribution in [0.15, 0.2) is 0 Å². The highest BCUT2D eigenvalue weighted by molar-refractivity contribution is 6.01. The maximum atomic E-state index is 11.8. The van der Waals surface area contributed by atoms with E-state index < -0.39 is 5.91 Å². The van der Waals surface area contributed by atoms with Gasteiger partial charge in [-0.15, -0.1) is 5.10 Å². The number of rotatable bonds is 4. The van der Waals surface area contributed by atoms with Gasteiger partial charge in [0.2, 0.25) is 5.91 Å². The van der Waals surface area contributed by atoms with E-state index >= 15 is 0 Å². The zero-order chi connectivity index (χ0) is 14.7. The number of nitrogens with two attached hydrogens (primary N) is 2. The lowest BCUT2D eigenvalue weighted by atomic mass is 9.95. The molecule has 110 valence electrons. The fourth-order valence-corrected chi connectivity index (χ4v) is 2.53. The molecule has 0 aliphatic heterocycles. The molecule has 0 unspecified atom stereocenters. The molecular formula is C12H20N6O2. The summed E-state index contributed by atoms with van der Waals surface area (Å²) in [4.78, 5) is 23.2. The smallest absolute Gasteiger partial charge is 0.273 e. The maximum absolute atomic E-state index is 11.8.